The summed E-state index contributed by atoms with van der Waals surface area (Å²) in [7, 11) is 0. The van der Waals surface area contributed by atoms with Crippen molar-refractivity contribution in [3.05, 3.63) is 78.6 Å². The molecule has 1 unspecified atom stereocenters. The van der Waals surface area contributed by atoms with Gasteiger partial charge in [0.1, 0.15) is 5.52 Å². The number of rotatable bonds is 6. The molecular formula is C23H19N3O4. The van der Waals surface area contributed by atoms with Gasteiger partial charge in [0, 0.05) is 6.20 Å². The summed E-state index contributed by atoms with van der Waals surface area (Å²) in [5.74, 6) is -0.726. The topological polar surface area (TPSA) is 94.3 Å². The largest absolute Gasteiger partial charge is 0.449 e. The molecule has 1 N–H and O–H groups in total. The smallest absolute Gasteiger partial charge is 0.339 e. The van der Waals surface area contributed by atoms with Gasteiger partial charge in [-0.3, -0.25) is 9.78 Å². The summed E-state index contributed by atoms with van der Waals surface area (Å²) in [6.45, 7) is 1.77. The van der Waals surface area contributed by atoms with Crippen LogP contribution in [-0.4, -0.2) is 27.9 Å². The molecule has 4 rings (SSSR count). The van der Waals surface area contributed by atoms with Gasteiger partial charge < -0.3 is 14.5 Å². The normalized spacial score (nSPS) is 11.8. The number of anilines is 1. The maximum Gasteiger partial charge on any atom is 0.339 e. The first-order valence-corrected chi connectivity index (χ1v) is 9.52. The van der Waals surface area contributed by atoms with Crippen LogP contribution < -0.4 is 5.32 Å². The molecule has 2 aromatic carbocycles. The van der Waals surface area contributed by atoms with E-state index in [0.29, 0.717) is 34.7 Å². The first-order valence-electron chi connectivity index (χ1n) is 9.52. The highest BCUT2D eigenvalue weighted by molar-refractivity contribution is 6.00. The van der Waals surface area contributed by atoms with E-state index in [4.69, 9.17) is 9.15 Å². The predicted molar refractivity (Wildman–Crippen MR) is 112 cm³/mol. The van der Waals surface area contributed by atoms with Crippen molar-refractivity contribution in [2.24, 2.45) is 0 Å². The van der Waals surface area contributed by atoms with Gasteiger partial charge in [-0.25, -0.2) is 9.78 Å². The molecule has 2 heterocycles. The molecule has 1 atom stereocenters. The first-order chi connectivity index (χ1) is 14.7. The molecule has 0 radical (unpaired) electrons. The second-order valence-electron chi connectivity index (χ2n) is 6.57. The quantitative estimate of drug-likeness (QED) is 0.479. The number of aromatic nitrogens is 2. The molecule has 150 valence electrons. The number of nitrogens with one attached hydrogen (secondary N) is 1. The number of ether oxygens (including phenoxy) is 1. The van der Waals surface area contributed by atoms with Gasteiger partial charge in [-0.15, -0.1) is 0 Å². The summed E-state index contributed by atoms with van der Waals surface area (Å²) in [4.78, 5) is 33.8. The van der Waals surface area contributed by atoms with Crippen molar-refractivity contribution >= 4 is 28.7 Å². The summed E-state index contributed by atoms with van der Waals surface area (Å²) in [6.07, 6.45) is 2.50. The standard InChI is InChI=1S/C23H19N3O4/c1-2-19(21(27)25-15-8-7-13-24-14-15)30-23(28)17-10-4-3-9-16(17)22-26-18-11-5-6-12-20(18)29-22/h3-14,19H,2H2,1H3,(H,25,27). The third-order valence-electron chi connectivity index (χ3n) is 4.51. The zero-order valence-electron chi connectivity index (χ0n) is 16.2. The zero-order chi connectivity index (χ0) is 20.9. The van der Waals surface area contributed by atoms with Crippen LogP contribution >= 0.6 is 0 Å². The highest BCUT2D eigenvalue weighted by Gasteiger charge is 2.25. The molecule has 0 aliphatic heterocycles. The summed E-state index contributed by atoms with van der Waals surface area (Å²) in [5, 5.41) is 2.70. The Morgan fingerprint density at radius 2 is 1.87 bits per heavy atom. The average molecular weight is 401 g/mol. The minimum Gasteiger partial charge on any atom is -0.449 e. The van der Waals surface area contributed by atoms with Crippen LogP contribution in [0.15, 0.2) is 77.5 Å². The second-order valence-corrected chi connectivity index (χ2v) is 6.57. The van der Waals surface area contributed by atoms with Crippen LogP contribution in [0.2, 0.25) is 0 Å². The fourth-order valence-corrected chi connectivity index (χ4v) is 3.01. The average Bonchev–Trinajstić information content (AvgIpc) is 3.22. The highest BCUT2D eigenvalue weighted by Crippen LogP contribution is 2.27. The fourth-order valence-electron chi connectivity index (χ4n) is 3.01. The first kappa shape index (κ1) is 19.3. The Labute approximate surface area is 172 Å². The second kappa shape index (κ2) is 8.57. The predicted octanol–water partition coefficient (Wildman–Crippen LogP) is 4.46. The van der Waals surface area contributed by atoms with E-state index in [1.54, 1.807) is 49.5 Å². The third kappa shape index (κ3) is 4.05. The lowest BCUT2D eigenvalue weighted by atomic mass is 10.1. The van der Waals surface area contributed by atoms with Crippen molar-refractivity contribution in [3.63, 3.8) is 0 Å². The summed E-state index contributed by atoms with van der Waals surface area (Å²) in [5.41, 5.74) is 2.62. The van der Waals surface area contributed by atoms with E-state index in [2.05, 4.69) is 15.3 Å². The van der Waals surface area contributed by atoms with E-state index in [1.165, 1.54) is 6.20 Å². The number of hydrogen-bond donors (Lipinski definition) is 1. The van der Waals surface area contributed by atoms with Crippen LogP contribution in [0.1, 0.15) is 23.7 Å². The number of carbonyl (C=O) groups is 2. The molecule has 7 nitrogen and oxygen atoms in total. The molecule has 30 heavy (non-hydrogen) atoms. The molecule has 0 saturated carbocycles. The van der Waals surface area contributed by atoms with Gasteiger partial charge in [-0.05, 0) is 42.8 Å². The van der Waals surface area contributed by atoms with E-state index in [0.717, 1.165) is 0 Å². The lowest BCUT2D eigenvalue weighted by molar-refractivity contribution is -0.124. The van der Waals surface area contributed by atoms with Crippen molar-refractivity contribution < 1.29 is 18.7 Å². The fraction of sp³-hybridized carbons (Fsp3) is 0.130. The number of oxazole rings is 1. The number of hydrogen-bond acceptors (Lipinski definition) is 6. The molecule has 0 saturated heterocycles. The maximum absolute atomic E-state index is 12.9. The Morgan fingerprint density at radius 1 is 1.07 bits per heavy atom. The van der Waals surface area contributed by atoms with E-state index < -0.39 is 18.0 Å². The van der Waals surface area contributed by atoms with Crippen LogP contribution in [0.5, 0.6) is 0 Å². The molecular weight excluding hydrogens is 382 g/mol. The SMILES string of the molecule is CCC(OC(=O)c1ccccc1-c1nc2ccccc2o1)C(=O)Nc1cccnc1. The minimum absolute atomic E-state index is 0.275. The number of carbonyl (C=O) groups excluding carboxylic acids is 2. The van der Waals surface area contributed by atoms with Gasteiger partial charge in [-0.1, -0.05) is 31.2 Å². The number of pyridine rings is 1. The van der Waals surface area contributed by atoms with Crippen molar-refractivity contribution in [1.82, 2.24) is 9.97 Å². The zero-order valence-corrected chi connectivity index (χ0v) is 16.2. The molecule has 4 aromatic rings. The van der Waals surface area contributed by atoms with E-state index in [9.17, 15) is 9.59 Å². The highest BCUT2D eigenvalue weighted by atomic mass is 16.5. The van der Waals surface area contributed by atoms with Crippen LogP contribution in [0.25, 0.3) is 22.6 Å². The van der Waals surface area contributed by atoms with Crippen molar-refractivity contribution in [3.8, 4) is 11.5 Å². The van der Waals surface area contributed by atoms with Crippen molar-refractivity contribution in [1.29, 1.82) is 0 Å². The number of fused-ring (bicyclic) bond motifs is 1. The maximum atomic E-state index is 12.9. The van der Waals surface area contributed by atoms with Gasteiger partial charge in [0.2, 0.25) is 5.89 Å². The minimum atomic E-state index is -0.950. The molecule has 0 spiro atoms. The van der Waals surface area contributed by atoms with E-state index >= 15 is 0 Å². The molecule has 7 heteroatoms. The molecule has 0 bridgehead atoms. The Balaban J connectivity index is 1.56. The third-order valence-corrected chi connectivity index (χ3v) is 4.51. The van der Waals surface area contributed by atoms with Crippen molar-refractivity contribution in [2.45, 2.75) is 19.4 Å². The van der Waals surface area contributed by atoms with Crippen LogP contribution in [-0.2, 0) is 9.53 Å². The van der Waals surface area contributed by atoms with Crippen LogP contribution in [0, 0.1) is 0 Å². The molecule has 2 aromatic heterocycles. The number of benzene rings is 2. The number of para-hydroxylation sites is 2. The lowest BCUT2D eigenvalue weighted by Crippen LogP contribution is -2.32. The monoisotopic (exact) mass is 401 g/mol. The molecule has 1 amide bonds. The summed E-state index contributed by atoms with van der Waals surface area (Å²) < 4.78 is 11.3. The Hall–Kier alpha value is -4.00. The molecule has 0 aliphatic carbocycles. The van der Waals surface area contributed by atoms with Crippen LogP contribution in [0.3, 0.4) is 0 Å². The van der Waals surface area contributed by atoms with Gasteiger partial charge in [0.25, 0.3) is 5.91 Å². The van der Waals surface area contributed by atoms with Gasteiger partial charge in [0.15, 0.2) is 11.7 Å². The van der Waals surface area contributed by atoms with E-state index in [1.807, 2.05) is 24.3 Å². The van der Waals surface area contributed by atoms with Gasteiger partial charge >= 0.3 is 5.97 Å². The lowest BCUT2D eigenvalue weighted by Gasteiger charge is -2.16. The molecule has 0 aliphatic rings. The number of nitrogens with zero attached hydrogens (tertiary/aromatic N) is 2. The van der Waals surface area contributed by atoms with E-state index in [-0.39, 0.29) is 5.56 Å². The number of esters is 1. The summed E-state index contributed by atoms with van der Waals surface area (Å²) in [6, 6.07) is 17.6. The van der Waals surface area contributed by atoms with Crippen LogP contribution in [0.4, 0.5) is 5.69 Å². The Morgan fingerprint density at radius 3 is 2.63 bits per heavy atom. The number of amides is 1. The van der Waals surface area contributed by atoms with Gasteiger partial charge in [-0.2, -0.15) is 0 Å². The Kier molecular flexibility index (Phi) is 5.52. The van der Waals surface area contributed by atoms with Gasteiger partial charge in [0.05, 0.1) is 23.0 Å². The Bertz CT molecular complexity index is 1150. The summed E-state index contributed by atoms with van der Waals surface area (Å²) >= 11 is 0. The van der Waals surface area contributed by atoms with Crippen molar-refractivity contribution in [2.75, 3.05) is 5.32 Å². The molecule has 0 fully saturated rings.